The normalized spacial score (nSPS) is 27.0. The van der Waals surface area contributed by atoms with Gasteiger partial charge in [0.1, 0.15) is 12.7 Å². The van der Waals surface area contributed by atoms with Gasteiger partial charge in [-0.3, -0.25) is 14.4 Å². The molecular formula is C16H27N5O2. The highest BCUT2D eigenvalue weighted by molar-refractivity contribution is 5.81. The fourth-order valence-electron chi connectivity index (χ4n) is 3.52. The molecule has 1 amide bonds. The maximum absolute atomic E-state index is 12.4. The zero-order chi connectivity index (χ0) is 16.1. The first kappa shape index (κ1) is 16.4. The molecule has 2 fully saturated rings. The summed E-state index contributed by atoms with van der Waals surface area (Å²) in [6.07, 6.45) is 8.00. The second kappa shape index (κ2) is 7.88. The Morgan fingerprint density at radius 3 is 3.09 bits per heavy atom. The van der Waals surface area contributed by atoms with Crippen molar-refractivity contribution < 1.29 is 9.53 Å². The largest absolute Gasteiger partial charge is 0.376 e. The van der Waals surface area contributed by atoms with Crippen molar-refractivity contribution in [1.29, 1.82) is 0 Å². The van der Waals surface area contributed by atoms with Crippen LogP contribution in [0.2, 0.25) is 0 Å². The Hall–Kier alpha value is -1.47. The zero-order valence-corrected chi connectivity index (χ0v) is 13.9. The quantitative estimate of drug-likeness (QED) is 0.834. The lowest BCUT2D eigenvalue weighted by molar-refractivity contribution is -0.127. The van der Waals surface area contributed by atoms with E-state index in [4.69, 9.17) is 4.74 Å². The summed E-state index contributed by atoms with van der Waals surface area (Å²) in [7, 11) is 0. The van der Waals surface area contributed by atoms with Crippen molar-refractivity contribution in [1.82, 2.24) is 25.0 Å². The molecule has 128 valence electrons. The van der Waals surface area contributed by atoms with E-state index in [1.807, 2.05) is 11.6 Å². The SMILES string of the molecule is C[C@H](C(=O)NC[C@@H]1CCCO1)N1CCC[C@H](Cn2cncn2)C1. The topological polar surface area (TPSA) is 72.3 Å². The van der Waals surface area contributed by atoms with E-state index in [9.17, 15) is 4.79 Å². The lowest BCUT2D eigenvalue weighted by atomic mass is 9.96. The third kappa shape index (κ3) is 4.51. The summed E-state index contributed by atoms with van der Waals surface area (Å²) in [6, 6.07) is -0.0880. The maximum atomic E-state index is 12.4. The van der Waals surface area contributed by atoms with Crippen molar-refractivity contribution in [3.8, 4) is 0 Å². The van der Waals surface area contributed by atoms with Gasteiger partial charge in [0, 0.05) is 26.2 Å². The number of amides is 1. The van der Waals surface area contributed by atoms with Crippen molar-refractivity contribution in [2.24, 2.45) is 5.92 Å². The van der Waals surface area contributed by atoms with Gasteiger partial charge >= 0.3 is 0 Å². The minimum absolute atomic E-state index is 0.0880. The summed E-state index contributed by atoms with van der Waals surface area (Å²) in [6.45, 7) is 6.27. The molecular weight excluding hydrogens is 294 g/mol. The van der Waals surface area contributed by atoms with Crippen LogP contribution >= 0.6 is 0 Å². The number of hydrogen-bond acceptors (Lipinski definition) is 5. The third-order valence-corrected chi connectivity index (χ3v) is 4.92. The molecule has 2 aliphatic heterocycles. The van der Waals surface area contributed by atoms with Gasteiger partial charge < -0.3 is 10.1 Å². The van der Waals surface area contributed by atoms with Gasteiger partial charge in [-0.1, -0.05) is 0 Å². The summed E-state index contributed by atoms with van der Waals surface area (Å²) in [5.74, 6) is 0.640. The molecule has 7 heteroatoms. The fraction of sp³-hybridized carbons (Fsp3) is 0.812. The van der Waals surface area contributed by atoms with Crippen molar-refractivity contribution in [3.05, 3.63) is 12.7 Å². The number of nitrogens with zero attached hydrogens (tertiary/aromatic N) is 4. The molecule has 1 N–H and O–H groups in total. The molecule has 2 saturated heterocycles. The molecule has 0 aliphatic carbocycles. The Morgan fingerprint density at radius 1 is 1.43 bits per heavy atom. The second-order valence-corrected chi connectivity index (χ2v) is 6.68. The second-order valence-electron chi connectivity index (χ2n) is 6.68. The molecule has 0 spiro atoms. The lowest BCUT2D eigenvalue weighted by Crippen LogP contribution is -2.50. The summed E-state index contributed by atoms with van der Waals surface area (Å²) in [5, 5.41) is 7.23. The third-order valence-electron chi connectivity index (χ3n) is 4.92. The number of nitrogens with one attached hydrogen (secondary N) is 1. The summed E-state index contributed by atoms with van der Waals surface area (Å²) >= 11 is 0. The minimum Gasteiger partial charge on any atom is -0.376 e. The molecule has 0 aromatic carbocycles. The fourth-order valence-corrected chi connectivity index (χ4v) is 3.52. The summed E-state index contributed by atoms with van der Waals surface area (Å²) < 4.78 is 7.45. The molecule has 2 aliphatic rings. The van der Waals surface area contributed by atoms with E-state index in [1.54, 1.807) is 12.7 Å². The molecule has 23 heavy (non-hydrogen) atoms. The van der Waals surface area contributed by atoms with Gasteiger partial charge in [0.05, 0.1) is 12.1 Å². The highest BCUT2D eigenvalue weighted by Gasteiger charge is 2.28. The molecule has 0 bridgehead atoms. The van der Waals surface area contributed by atoms with Gasteiger partial charge in [0.25, 0.3) is 0 Å². The van der Waals surface area contributed by atoms with E-state index in [1.165, 1.54) is 6.42 Å². The van der Waals surface area contributed by atoms with Gasteiger partial charge in [-0.25, -0.2) is 4.98 Å². The van der Waals surface area contributed by atoms with Gasteiger partial charge in [0.2, 0.25) is 5.91 Å². The maximum Gasteiger partial charge on any atom is 0.237 e. The number of aromatic nitrogens is 3. The smallest absolute Gasteiger partial charge is 0.237 e. The van der Waals surface area contributed by atoms with Crippen LogP contribution in [0.15, 0.2) is 12.7 Å². The molecule has 1 aromatic heterocycles. The monoisotopic (exact) mass is 321 g/mol. The summed E-state index contributed by atoms with van der Waals surface area (Å²) in [5.41, 5.74) is 0. The number of rotatable bonds is 6. The Morgan fingerprint density at radius 2 is 2.35 bits per heavy atom. The van der Waals surface area contributed by atoms with Crippen LogP contribution in [0.3, 0.4) is 0 Å². The summed E-state index contributed by atoms with van der Waals surface area (Å²) in [4.78, 5) is 18.7. The van der Waals surface area contributed by atoms with Gasteiger partial charge in [-0.2, -0.15) is 5.10 Å². The molecule has 3 heterocycles. The highest BCUT2D eigenvalue weighted by atomic mass is 16.5. The molecule has 3 atom stereocenters. The van der Waals surface area contributed by atoms with Gasteiger partial charge in [-0.15, -0.1) is 0 Å². The Bertz CT molecular complexity index is 487. The van der Waals surface area contributed by atoms with Crippen LogP contribution in [0.25, 0.3) is 0 Å². The van der Waals surface area contributed by atoms with Crippen molar-refractivity contribution >= 4 is 5.91 Å². The highest BCUT2D eigenvalue weighted by Crippen LogP contribution is 2.20. The van der Waals surface area contributed by atoms with E-state index < -0.39 is 0 Å². The molecule has 0 unspecified atom stereocenters. The van der Waals surface area contributed by atoms with Crippen LogP contribution < -0.4 is 5.32 Å². The molecule has 7 nitrogen and oxygen atoms in total. The van der Waals surface area contributed by atoms with Crippen LogP contribution in [0.1, 0.15) is 32.6 Å². The van der Waals surface area contributed by atoms with E-state index in [0.717, 1.165) is 45.5 Å². The number of carbonyl (C=O) groups excluding carboxylic acids is 1. The first-order valence-corrected chi connectivity index (χ1v) is 8.68. The number of likely N-dealkylation sites (tertiary alicyclic amines) is 1. The molecule has 0 radical (unpaired) electrons. The predicted molar refractivity (Wildman–Crippen MR) is 85.8 cm³/mol. The van der Waals surface area contributed by atoms with Gasteiger partial charge in [-0.05, 0) is 45.1 Å². The van der Waals surface area contributed by atoms with Crippen LogP contribution in [0, 0.1) is 5.92 Å². The van der Waals surface area contributed by atoms with E-state index in [0.29, 0.717) is 12.5 Å². The number of carbonyl (C=O) groups is 1. The van der Waals surface area contributed by atoms with Crippen LogP contribution in [-0.2, 0) is 16.1 Å². The average molecular weight is 321 g/mol. The predicted octanol–water partition coefficient (Wildman–Crippen LogP) is 0.674. The minimum atomic E-state index is -0.0880. The van der Waals surface area contributed by atoms with Crippen LogP contribution in [0.4, 0.5) is 0 Å². The van der Waals surface area contributed by atoms with Crippen molar-refractivity contribution in [3.63, 3.8) is 0 Å². The number of ether oxygens (including phenoxy) is 1. The van der Waals surface area contributed by atoms with E-state index >= 15 is 0 Å². The standard InChI is InChI=1S/C16H27N5O2/c1-13(16(22)18-8-15-5-3-7-23-15)20-6-2-4-14(9-20)10-21-12-17-11-19-21/h11-15H,2-10H2,1H3,(H,18,22)/t13-,14+,15+/m1/s1. The van der Waals surface area contributed by atoms with Crippen molar-refractivity contribution in [2.75, 3.05) is 26.2 Å². The Labute approximate surface area is 137 Å². The van der Waals surface area contributed by atoms with E-state index in [-0.39, 0.29) is 18.1 Å². The first-order valence-electron chi connectivity index (χ1n) is 8.68. The van der Waals surface area contributed by atoms with E-state index in [2.05, 4.69) is 20.3 Å². The number of piperidine rings is 1. The Balaban J connectivity index is 1.45. The van der Waals surface area contributed by atoms with Gasteiger partial charge in [0.15, 0.2) is 0 Å². The molecule has 0 saturated carbocycles. The number of hydrogen-bond donors (Lipinski definition) is 1. The first-order chi connectivity index (χ1) is 11.2. The van der Waals surface area contributed by atoms with Crippen LogP contribution in [-0.4, -0.2) is 64.0 Å². The Kier molecular flexibility index (Phi) is 5.61. The molecule has 3 rings (SSSR count). The van der Waals surface area contributed by atoms with Crippen LogP contribution in [0.5, 0.6) is 0 Å². The average Bonchev–Trinajstić information content (AvgIpc) is 3.25. The lowest BCUT2D eigenvalue weighted by Gasteiger charge is -2.36. The van der Waals surface area contributed by atoms with Crippen molar-refractivity contribution in [2.45, 2.75) is 51.3 Å². The zero-order valence-electron chi connectivity index (χ0n) is 13.9. The molecule has 1 aromatic rings.